The van der Waals surface area contributed by atoms with Crippen LogP contribution in [0.3, 0.4) is 0 Å². The molecule has 4 rings (SSSR count). The highest BCUT2D eigenvalue weighted by Crippen LogP contribution is 2.24. The molecule has 0 amide bonds. The fourth-order valence-corrected chi connectivity index (χ4v) is 3.20. The Balaban J connectivity index is 1.36. The van der Waals surface area contributed by atoms with Crippen molar-refractivity contribution in [2.45, 2.75) is 6.54 Å². The number of anilines is 1. The zero-order valence-corrected chi connectivity index (χ0v) is 14.8. The Morgan fingerprint density at radius 3 is 2.69 bits per heavy atom. The first-order chi connectivity index (χ1) is 12.9. The smallest absolute Gasteiger partial charge is 0.203 e. The molecule has 26 heavy (non-hydrogen) atoms. The molecule has 0 spiro atoms. The van der Waals surface area contributed by atoms with Crippen molar-refractivity contribution < 1.29 is 0 Å². The lowest BCUT2D eigenvalue weighted by Crippen LogP contribution is -1.96. The molecule has 0 bridgehead atoms. The monoisotopic (exact) mass is 359 g/mol. The zero-order valence-electron chi connectivity index (χ0n) is 14.0. The molecule has 0 aliphatic heterocycles. The summed E-state index contributed by atoms with van der Waals surface area (Å²) in [5.41, 5.74) is 7.32. The summed E-state index contributed by atoms with van der Waals surface area (Å²) in [5.74, 6) is 0. The van der Waals surface area contributed by atoms with Crippen LogP contribution in [0.4, 0.5) is 5.13 Å². The van der Waals surface area contributed by atoms with Crippen LogP contribution in [0, 0.1) is 0 Å². The van der Waals surface area contributed by atoms with Crippen molar-refractivity contribution in [3.63, 3.8) is 0 Å². The maximum absolute atomic E-state index is 4.55. The van der Waals surface area contributed by atoms with Crippen molar-refractivity contribution in [1.82, 2.24) is 14.5 Å². The first kappa shape index (κ1) is 16.2. The van der Waals surface area contributed by atoms with Crippen LogP contribution < -0.4 is 5.43 Å². The van der Waals surface area contributed by atoms with Gasteiger partial charge in [-0.15, -0.1) is 11.3 Å². The summed E-state index contributed by atoms with van der Waals surface area (Å²) in [6.07, 6.45) is 7.35. The molecule has 2 aromatic heterocycles. The van der Waals surface area contributed by atoms with Gasteiger partial charge in [0.15, 0.2) is 0 Å². The topological polar surface area (TPSA) is 55.1 Å². The first-order valence-electron chi connectivity index (χ1n) is 8.21. The number of hydrazone groups is 1. The van der Waals surface area contributed by atoms with E-state index in [4.69, 9.17) is 0 Å². The van der Waals surface area contributed by atoms with Crippen molar-refractivity contribution in [1.29, 1.82) is 0 Å². The van der Waals surface area contributed by atoms with Crippen LogP contribution in [-0.4, -0.2) is 20.7 Å². The van der Waals surface area contributed by atoms with E-state index in [0.29, 0.717) is 0 Å². The summed E-state index contributed by atoms with van der Waals surface area (Å²) < 4.78 is 2.04. The lowest BCUT2D eigenvalue weighted by molar-refractivity contribution is 0.797. The highest BCUT2D eigenvalue weighted by molar-refractivity contribution is 7.14. The molecule has 2 heterocycles. The summed E-state index contributed by atoms with van der Waals surface area (Å²) in [5, 5.41) is 7.08. The molecule has 0 atom stereocenters. The van der Waals surface area contributed by atoms with E-state index in [1.165, 1.54) is 16.9 Å². The van der Waals surface area contributed by atoms with Crippen molar-refractivity contribution in [2.75, 3.05) is 5.43 Å². The van der Waals surface area contributed by atoms with Gasteiger partial charge in [0, 0.05) is 29.9 Å². The quantitative estimate of drug-likeness (QED) is 0.407. The average Bonchev–Trinajstić information content (AvgIpc) is 3.36. The predicted molar refractivity (Wildman–Crippen MR) is 107 cm³/mol. The van der Waals surface area contributed by atoms with Crippen LogP contribution >= 0.6 is 11.3 Å². The molecular weight excluding hydrogens is 342 g/mol. The van der Waals surface area contributed by atoms with Crippen LogP contribution in [0.15, 0.2) is 83.8 Å². The molecule has 0 aliphatic rings. The lowest BCUT2D eigenvalue weighted by atomic mass is 10.1. The van der Waals surface area contributed by atoms with Crippen molar-refractivity contribution in [3.8, 4) is 11.3 Å². The highest BCUT2D eigenvalue weighted by atomic mass is 32.1. The van der Waals surface area contributed by atoms with E-state index >= 15 is 0 Å². The minimum absolute atomic E-state index is 0.775. The number of nitrogens with zero attached hydrogens (tertiary/aromatic N) is 4. The molecule has 128 valence electrons. The zero-order chi connectivity index (χ0) is 17.6. The number of rotatable bonds is 6. The first-order valence-corrected chi connectivity index (χ1v) is 9.09. The summed E-state index contributed by atoms with van der Waals surface area (Å²) in [4.78, 5) is 8.61. The van der Waals surface area contributed by atoms with Gasteiger partial charge < -0.3 is 4.57 Å². The number of thiazole rings is 1. The Labute approximate surface area is 155 Å². The van der Waals surface area contributed by atoms with E-state index in [9.17, 15) is 0 Å². The predicted octanol–water partition coefficient (Wildman–Crippen LogP) is 4.50. The molecule has 5 nitrogen and oxygen atoms in total. The minimum Gasteiger partial charge on any atom is -0.333 e. The van der Waals surface area contributed by atoms with Crippen molar-refractivity contribution >= 4 is 22.7 Å². The summed E-state index contributed by atoms with van der Waals surface area (Å²) in [6.45, 7) is 0.817. The molecule has 4 aromatic rings. The molecule has 1 N–H and O–H groups in total. The van der Waals surface area contributed by atoms with Gasteiger partial charge in [0.05, 0.1) is 18.2 Å². The van der Waals surface area contributed by atoms with E-state index in [2.05, 4.69) is 44.8 Å². The molecule has 0 aliphatic carbocycles. The molecule has 0 saturated carbocycles. The van der Waals surface area contributed by atoms with Crippen LogP contribution in [0.5, 0.6) is 0 Å². The van der Waals surface area contributed by atoms with Gasteiger partial charge in [-0.1, -0.05) is 54.6 Å². The fraction of sp³-hybridized carbons (Fsp3) is 0.0500. The second kappa shape index (κ2) is 7.76. The van der Waals surface area contributed by atoms with Gasteiger partial charge >= 0.3 is 0 Å². The Kier molecular flexibility index (Phi) is 4.84. The van der Waals surface area contributed by atoms with Gasteiger partial charge in [0.25, 0.3) is 0 Å². The SMILES string of the molecule is C(=NNc1nc(-c2ccccc2)cs1)c1ccc(Cn2ccnc2)cc1. The minimum atomic E-state index is 0.775. The van der Waals surface area contributed by atoms with Crippen LogP contribution in [-0.2, 0) is 6.54 Å². The number of hydrogen-bond donors (Lipinski definition) is 1. The van der Waals surface area contributed by atoms with Gasteiger partial charge in [0.1, 0.15) is 0 Å². The summed E-state index contributed by atoms with van der Waals surface area (Å²) in [6, 6.07) is 18.4. The number of benzene rings is 2. The molecule has 0 saturated heterocycles. The third-order valence-electron chi connectivity index (χ3n) is 3.85. The molecule has 0 radical (unpaired) electrons. The number of imidazole rings is 1. The van der Waals surface area contributed by atoms with E-state index in [0.717, 1.165) is 28.5 Å². The maximum atomic E-state index is 4.55. The Bertz CT molecular complexity index is 973. The van der Waals surface area contributed by atoms with Crippen LogP contribution in [0.1, 0.15) is 11.1 Å². The van der Waals surface area contributed by atoms with Crippen molar-refractivity contribution in [2.24, 2.45) is 5.10 Å². The number of aromatic nitrogens is 3. The van der Waals surface area contributed by atoms with Gasteiger partial charge in [0.2, 0.25) is 5.13 Å². The Morgan fingerprint density at radius 2 is 1.92 bits per heavy atom. The van der Waals surface area contributed by atoms with Crippen LogP contribution in [0.25, 0.3) is 11.3 Å². The lowest BCUT2D eigenvalue weighted by Gasteiger charge is -2.02. The van der Waals surface area contributed by atoms with Gasteiger partial charge in [-0.3, -0.25) is 5.43 Å². The van der Waals surface area contributed by atoms with E-state index < -0.39 is 0 Å². The number of hydrogen-bond acceptors (Lipinski definition) is 5. The Morgan fingerprint density at radius 1 is 1.08 bits per heavy atom. The third-order valence-corrected chi connectivity index (χ3v) is 4.60. The largest absolute Gasteiger partial charge is 0.333 e. The molecule has 6 heteroatoms. The van der Waals surface area contributed by atoms with Gasteiger partial charge in [-0.2, -0.15) is 5.10 Å². The second-order valence-electron chi connectivity index (χ2n) is 5.75. The third kappa shape index (κ3) is 4.04. The molecule has 0 fully saturated rings. The highest BCUT2D eigenvalue weighted by Gasteiger charge is 2.02. The molecule has 2 aromatic carbocycles. The maximum Gasteiger partial charge on any atom is 0.203 e. The van der Waals surface area contributed by atoms with Crippen LogP contribution in [0.2, 0.25) is 0 Å². The Hall–Kier alpha value is -3.25. The van der Waals surface area contributed by atoms with Crippen molar-refractivity contribution in [3.05, 3.63) is 89.8 Å². The van der Waals surface area contributed by atoms with E-state index in [1.807, 2.05) is 52.8 Å². The second-order valence-corrected chi connectivity index (χ2v) is 6.61. The van der Waals surface area contributed by atoms with E-state index in [-0.39, 0.29) is 0 Å². The van der Waals surface area contributed by atoms with Gasteiger partial charge in [-0.05, 0) is 11.1 Å². The summed E-state index contributed by atoms with van der Waals surface area (Å²) >= 11 is 1.54. The molecular formula is C20H17N5S. The summed E-state index contributed by atoms with van der Waals surface area (Å²) in [7, 11) is 0. The standard InChI is InChI=1S/C20H17N5S/c1-2-4-18(5-3-1)19-14-26-20(23-19)24-22-12-16-6-8-17(9-7-16)13-25-11-10-21-15-25/h1-12,14-15H,13H2,(H,23,24). The molecule has 0 unspecified atom stereocenters. The van der Waals surface area contributed by atoms with Gasteiger partial charge in [-0.25, -0.2) is 9.97 Å². The normalized spacial score (nSPS) is 11.1. The number of nitrogens with one attached hydrogen (secondary N) is 1. The average molecular weight is 359 g/mol. The van der Waals surface area contributed by atoms with E-state index in [1.54, 1.807) is 12.4 Å². The fourth-order valence-electron chi connectivity index (χ4n) is 2.53.